The first-order valence-corrected chi connectivity index (χ1v) is 9.40. The van der Waals surface area contributed by atoms with Crippen molar-refractivity contribution in [1.82, 2.24) is 0 Å². The summed E-state index contributed by atoms with van der Waals surface area (Å²) in [6.45, 7) is 0.730. The van der Waals surface area contributed by atoms with Gasteiger partial charge in [-0.05, 0) is 48.7 Å². The summed E-state index contributed by atoms with van der Waals surface area (Å²) in [5.41, 5.74) is -0.119. The predicted molar refractivity (Wildman–Crippen MR) is 91.5 cm³/mol. The molecular formula is C18H17F2NO4S. The first-order valence-electron chi connectivity index (χ1n) is 8.01. The summed E-state index contributed by atoms with van der Waals surface area (Å²) in [5.74, 6) is -0.780. The average molecular weight is 381 g/mol. The van der Waals surface area contributed by atoms with Gasteiger partial charge in [-0.25, -0.2) is 4.39 Å². The van der Waals surface area contributed by atoms with Crippen molar-refractivity contribution in [2.45, 2.75) is 23.2 Å². The van der Waals surface area contributed by atoms with Gasteiger partial charge in [-0.1, -0.05) is 18.2 Å². The number of carbonyl (C=O) groups is 1. The van der Waals surface area contributed by atoms with Gasteiger partial charge in [-0.3, -0.25) is 4.79 Å². The zero-order chi connectivity index (χ0) is 18.8. The van der Waals surface area contributed by atoms with Gasteiger partial charge in [-0.15, -0.1) is 3.89 Å². The van der Waals surface area contributed by atoms with E-state index in [1.807, 2.05) is 0 Å². The fraction of sp³-hybridized carbons (Fsp3) is 0.278. The second-order valence-corrected chi connectivity index (χ2v) is 7.47. The van der Waals surface area contributed by atoms with E-state index in [-0.39, 0.29) is 11.6 Å². The van der Waals surface area contributed by atoms with Crippen molar-refractivity contribution < 1.29 is 26.2 Å². The van der Waals surface area contributed by atoms with E-state index in [0.29, 0.717) is 31.6 Å². The molecule has 0 spiro atoms. The summed E-state index contributed by atoms with van der Waals surface area (Å²) >= 11 is 0. The number of halogens is 2. The smallest absolute Gasteiger partial charge is 0.332 e. The number of ether oxygens (including phenoxy) is 1. The molecule has 0 radical (unpaired) electrons. The Labute approximate surface area is 150 Å². The topological polar surface area (TPSA) is 72.5 Å². The zero-order valence-corrected chi connectivity index (χ0v) is 14.6. The van der Waals surface area contributed by atoms with Crippen molar-refractivity contribution >= 4 is 21.8 Å². The minimum absolute atomic E-state index is 0.168. The van der Waals surface area contributed by atoms with Crippen LogP contribution >= 0.6 is 0 Å². The molecule has 1 aliphatic rings. The van der Waals surface area contributed by atoms with Crippen LogP contribution in [0.4, 0.5) is 14.0 Å². The van der Waals surface area contributed by atoms with Crippen LogP contribution in [-0.4, -0.2) is 27.5 Å². The number of hydrogen-bond acceptors (Lipinski definition) is 4. The monoisotopic (exact) mass is 381 g/mol. The third kappa shape index (κ3) is 3.76. The summed E-state index contributed by atoms with van der Waals surface area (Å²) in [5, 5.41) is 2.66. The fourth-order valence-electron chi connectivity index (χ4n) is 3.11. The molecule has 1 N–H and O–H groups in total. The Bertz CT molecular complexity index is 907. The molecule has 2 aromatic rings. The van der Waals surface area contributed by atoms with Gasteiger partial charge < -0.3 is 10.1 Å². The molecule has 26 heavy (non-hydrogen) atoms. The van der Waals surface area contributed by atoms with Crippen LogP contribution in [-0.2, 0) is 25.2 Å². The summed E-state index contributed by atoms with van der Waals surface area (Å²) in [4.78, 5) is 12.5. The highest BCUT2D eigenvalue weighted by Crippen LogP contribution is 2.36. The van der Waals surface area contributed by atoms with Crippen LogP contribution in [0.15, 0.2) is 53.4 Å². The lowest BCUT2D eigenvalue weighted by molar-refractivity contribution is -0.125. The first kappa shape index (κ1) is 18.5. The van der Waals surface area contributed by atoms with Crippen molar-refractivity contribution in [3.05, 3.63) is 59.9 Å². The molecule has 138 valence electrons. The van der Waals surface area contributed by atoms with E-state index in [1.165, 1.54) is 24.3 Å². The molecule has 3 rings (SSSR count). The molecule has 1 amide bonds. The molecule has 1 saturated heterocycles. The Morgan fingerprint density at radius 2 is 1.73 bits per heavy atom. The van der Waals surface area contributed by atoms with Crippen LogP contribution in [0, 0.1) is 5.82 Å². The number of nitrogens with one attached hydrogen (secondary N) is 1. The number of rotatable bonds is 4. The van der Waals surface area contributed by atoms with Gasteiger partial charge in [-0.2, -0.15) is 8.42 Å². The number of carbonyl (C=O) groups excluding carboxylic acids is 1. The van der Waals surface area contributed by atoms with Crippen LogP contribution < -0.4 is 5.32 Å². The first-order chi connectivity index (χ1) is 12.3. The molecule has 8 heteroatoms. The Morgan fingerprint density at radius 3 is 2.35 bits per heavy atom. The lowest BCUT2D eigenvalue weighted by Gasteiger charge is -2.36. The molecule has 0 saturated carbocycles. The van der Waals surface area contributed by atoms with E-state index in [9.17, 15) is 21.5 Å². The highest BCUT2D eigenvalue weighted by atomic mass is 32.3. The van der Waals surface area contributed by atoms with Crippen LogP contribution in [0.3, 0.4) is 0 Å². The molecule has 5 nitrogen and oxygen atoms in total. The molecule has 1 aliphatic heterocycles. The van der Waals surface area contributed by atoms with E-state index in [4.69, 9.17) is 4.74 Å². The Balaban J connectivity index is 1.93. The number of amides is 1. The van der Waals surface area contributed by atoms with Crippen molar-refractivity contribution in [3.63, 3.8) is 0 Å². The van der Waals surface area contributed by atoms with Crippen LogP contribution in [0.25, 0.3) is 0 Å². The van der Waals surface area contributed by atoms with E-state index in [2.05, 4.69) is 5.32 Å². The number of anilines is 1. The third-order valence-corrected chi connectivity index (χ3v) is 5.37. The SMILES string of the molecule is O=C(Nc1cccc(S(=O)(=O)F)c1)C1(c2ccc(F)cc2)CCOCC1. The van der Waals surface area contributed by atoms with Gasteiger partial charge in [0.1, 0.15) is 10.7 Å². The van der Waals surface area contributed by atoms with Crippen molar-refractivity contribution in [2.75, 3.05) is 18.5 Å². The minimum atomic E-state index is -4.87. The van der Waals surface area contributed by atoms with Gasteiger partial charge >= 0.3 is 10.2 Å². The van der Waals surface area contributed by atoms with Gasteiger partial charge in [0.25, 0.3) is 0 Å². The Morgan fingerprint density at radius 1 is 1.08 bits per heavy atom. The van der Waals surface area contributed by atoms with Crippen LogP contribution in [0.1, 0.15) is 18.4 Å². The molecule has 1 heterocycles. The Hall–Kier alpha value is -2.32. The standard InChI is InChI=1S/C18H17F2NO4S/c19-14-6-4-13(5-7-14)18(8-10-25-11-9-18)17(22)21-15-2-1-3-16(12-15)26(20,23)24/h1-7,12H,8-11H2,(H,21,22). The summed E-state index contributed by atoms with van der Waals surface area (Å²) in [6.07, 6.45) is 0.789. The normalized spacial score (nSPS) is 16.8. The maximum atomic E-state index is 13.3. The number of benzene rings is 2. The van der Waals surface area contributed by atoms with Gasteiger partial charge in [0.15, 0.2) is 0 Å². The van der Waals surface area contributed by atoms with E-state index in [1.54, 1.807) is 12.1 Å². The number of hydrogen-bond donors (Lipinski definition) is 1. The predicted octanol–water partition coefficient (Wildman–Crippen LogP) is 3.17. The average Bonchev–Trinajstić information content (AvgIpc) is 2.62. The molecule has 0 atom stereocenters. The maximum absolute atomic E-state index is 13.3. The molecular weight excluding hydrogens is 364 g/mol. The second-order valence-electron chi connectivity index (χ2n) is 6.12. The van der Waals surface area contributed by atoms with Gasteiger partial charge in [0.05, 0.1) is 5.41 Å². The summed E-state index contributed by atoms with van der Waals surface area (Å²) < 4.78 is 53.9. The Kier molecular flexibility index (Phi) is 5.06. The molecule has 0 aliphatic carbocycles. The molecule has 1 fully saturated rings. The van der Waals surface area contributed by atoms with Gasteiger partial charge in [0, 0.05) is 18.9 Å². The fourth-order valence-corrected chi connectivity index (χ4v) is 3.62. The summed E-state index contributed by atoms with van der Waals surface area (Å²) in [7, 11) is -4.87. The highest BCUT2D eigenvalue weighted by molar-refractivity contribution is 7.86. The maximum Gasteiger partial charge on any atom is 0.332 e. The minimum Gasteiger partial charge on any atom is -0.381 e. The van der Waals surface area contributed by atoms with Crippen LogP contribution in [0.5, 0.6) is 0 Å². The quantitative estimate of drug-likeness (QED) is 0.826. The lowest BCUT2D eigenvalue weighted by Crippen LogP contribution is -2.44. The molecule has 0 bridgehead atoms. The molecule has 0 aromatic heterocycles. The van der Waals surface area contributed by atoms with Crippen molar-refractivity contribution in [3.8, 4) is 0 Å². The lowest BCUT2D eigenvalue weighted by atomic mass is 9.73. The van der Waals surface area contributed by atoms with Crippen LogP contribution in [0.2, 0.25) is 0 Å². The van der Waals surface area contributed by atoms with E-state index < -0.39 is 26.4 Å². The highest BCUT2D eigenvalue weighted by Gasteiger charge is 2.41. The molecule has 2 aromatic carbocycles. The molecule has 0 unspecified atom stereocenters. The summed E-state index contributed by atoms with van der Waals surface area (Å²) in [6, 6.07) is 10.7. The van der Waals surface area contributed by atoms with Gasteiger partial charge in [0.2, 0.25) is 5.91 Å². The largest absolute Gasteiger partial charge is 0.381 e. The zero-order valence-electron chi connectivity index (χ0n) is 13.7. The van der Waals surface area contributed by atoms with Crippen molar-refractivity contribution in [1.29, 1.82) is 0 Å². The van der Waals surface area contributed by atoms with E-state index in [0.717, 1.165) is 12.1 Å². The van der Waals surface area contributed by atoms with E-state index >= 15 is 0 Å². The third-order valence-electron chi connectivity index (χ3n) is 4.55. The van der Waals surface area contributed by atoms with Crippen molar-refractivity contribution in [2.24, 2.45) is 0 Å². The second kappa shape index (κ2) is 7.13.